The molecule has 1 aromatic rings. The maximum absolute atomic E-state index is 12.3. The van der Waals surface area contributed by atoms with E-state index in [1.807, 2.05) is 13.8 Å². The Morgan fingerprint density at radius 1 is 1.14 bits per heavy atom. The first-order chi connectivity index (χ1) is 10.5. The van der Waals surface area contributed by atoms with Crippen LogP contribution in [0.25, 0.3) is 0 Å². The first-order valence-electron chi connectivity index (χ1n) is 8.35. The largest absolute Gasteiger partial charge is 0.277 e. The van der Waals surface area contributed by atoms with E-state index in [2.05, 4.69) is 33.7 Å². The van der Waals surface area contributed by atoms with E-state index in [1.54, 1.807) is 0 Å². The van der Waals surface area contributed by atoms with Gasteiger partial charge in [0, 0.05) is 12.1 Å². The Morgan fingerprint density at radius 2 is 1.68 bits per heavy atom. The van der Waals surface area contributed by atoms with Gasteiger partial charge in [0.05, 0.1) is 0 Å². The van der Waals surface area contributed by atoms with Crippen LogP contribution in [0.5, 0.6) is 0 Å². The second-order valence-corrected chi connectivity index (χ2v) is 8.33. The Labute approximate surface area is 133 Å². The lowest BCUT2D eigenvalue weighted by molar-refractivity contribution is 0.382. The van der Waals surface area contributed by atoms with Crippen molar-refractivity contribution >= 4 is 10.2 Å². The fourth-order valence-electron chi connectivity index (χ4n) is 3.90. The normalized spacial score (nSPS) is 28.9. The molecule has 3 rings (SSSR count). The Bertz CT molecular complexity index is 596. The topological polar surface area (TPSA) is 58.2 Å². The number of fused-ring (bicyclic) bond motifs is 3. The molecule has 1 aromatic carbocycles. The summed E-state index contributed by atoms with van der Waals surface area (Å²) >= 11 is 0. The van der Waals surface area contributed by atoms with Crippen molar-refractivity contribution < 1.29 is 8.42 Å². The average molecular weight is 322 g/mol. The van der Waals surface area contributed by atoms with Crippen molar-refractivity contribution in [2.24, 2.45) is 11.8 Å². The quantitative estimate of drug-likeness (QED) is 0.874. The molecule has 5 heteroatoms. The summed E-state index contributed by atoms with van der Waals surface area (Å²) in [7, 11) is -3.42. The molecule has 0 saturated heterocycles. The highest BCUT2D eigenvalue weighted by molar-refractivity contribution is 7.87. The standard InChI is InChI=1S/C17H26N2O2S/c1-3-12(2)18-22(20,21)19-17-15-8-9-16(17)11-14-7-5-4-6-13(14)10-15/h4-7,12,15-19H,3,8-11H2,1-2H3. The van der Waals surface area contributed by atoms with E-state index >= 15 is 0 Å². The van der Waals surface area contributed by atoms with Gasteiger partial charge in [-0.05, 0) is 62.0 Å². The zero-order valence-electron chi connectivity index (χ0n) is 13.4. The molecule has 3 unspecified atom stereocenters. The summed E-state index contributed by atoms with van der Waals surface area (Å²) in [6.45, 7) is 3.88. The van der Waals surface area contributed by atoms with E-state index in [9.17, 15) is 8.42 Å². The van der Waals surface area contributed by atoms with Gasteiger partial charge in [0.15, 0.2) is 0 Å². The van der Waals surface area contributed by atoms with Gasteiger partial charge >= 0.3 is 0 Å². The van der Waals surface area contributed by atoms with Gasteiger partial charge in [0.2, 0.25) is 0 Å². The number of hydrogen-bond acceptors (Lipinski definition) is 2. The summed E-state index contributed by atoms with van der Waals surface area (Å²) in [6, 6.07) is 8.59. The maximum Gasteiger partial charge on any atom is 0.277 e. The van der Waals surface area contributed by atoms with Crippen molar-refractivity contribution in [3.8, 4) is 0 Å². The van der Waals surface area contributed by atoms with Gasteiger partial charge in [-0.1, -0.05) is 31.2 Å². The van der Waals surface area contributed by atoms with Crippen LogP contribution in [0, 0.1) is 11.8 Å². The minimum absolute atomic E-state index is 0.0295. The van der Waals surface area contributed by atoms with Gasteiger partial charge in [0.25, 0.3) is 10.2 Å². The van der Waals surface area contributed by atoms with Gasteiger partial charge in [-0.3, -0.25) is 0 Å². The summed E-state index contributed by atoms with van der Waals surface area (Å²) in [4.78, 5) is 0. The number of hydrogen-bond donors (Lipinski definition) is 2. The highest BCUT2D eigenvalue weighted by atomic mass is 32.2. The number of rotatable bonds is 5. The van der Waals surface area contributed by atoms with Crippen LogP contribution in [0.4, 0.5) is 0 Å². The maximum atomic E-state index is 12.3. The molecule has 0 spiro atoms. The fourth-order valence-corrected chi connectivity index (χ4v) is 5.41. The first-order valence-corrected chi connectivity index (χ1v) is 9.83. The molecule has 122 valence electrons. The molecule has 0 aliphatic heterocycles. The van der Waals surface area contributed by atoms with Gasteiger partial charge in [-0.25, -0.2) is 0 Å². The van der Waals surface area contributed by atoms with Crippen molar-refractivity contribution in [3.63, 3.8) is 0 Å². The van der Waals surface area contributed by atoms with Crippen molar-refractivity contribution in [1.82, 2.24) is 9.44 Å². The first kappa shape index (κ1) is 16.0. The summed E-state index contributed by atoms with van der Waals surface area (Å²) in [5.41, 5.74) is 2.79. The molecule has 2 bridgehead atoms. The molecule has 2 aliphatic carbocycles. The Kier molecular flexibility index (Phi) is 4.57. The molecule has 2 aliphatic rings. The average Bonchev–Trinajstić information content (AvgIpc) is 2.73. The third-order valence-electron chi connectivity index (χ3n) is 5.27. The fraction of sp³-hybridized carbons (Fsp3) is 0.647. The predicted molar refractivity (Wildman–Crippen MR) is 88.8 cm³/mol. The van der Waals surface area contributed by atoms with Gasteiger partial charge in [-0.2, -0.15) is 17.9 Å². The van der Waals surface area contributed by atoms with Crippen LogP contribution in [0.3, 0.4) is 0 Å². The minimum atomic E-state index is -3.42. The van der Waals surface area contributed by atoms with Crippen LogP contribution >= 0.6 is 0 Å². The molecular weight excluding hydrogens is 296 g/mol. The van der Waals surface area contributed by atoms with E-state index in [1.165, 1.54) is 11.1 Å². The van der Waals surface area contributed by atoms with Crippen molar-refractivity contribution in [2.45, 2.75) is 58.0 Å². The molecule has 0 radical (unpaired) electrons. The van der Waals surface area contributed by atoms with Crippen LogP contribution in [0.1, 0.15) is 44.2 Å². The second kappa shape index (κ2) is 6.30. The van der Waals surface area contributed by atoms with Gasteiger partial charge in [-0.15, -0.1) is 0 Å². The Hall–Kier alpha value is -0.910. The lowest BCUT2D eigenvalue weighted by atomic mass is 9.94. The smallest absolute Gasteiger partial charge is 0.200 e. The molecular formula is C17H26N2O2S. The number of benzene rings is 1. The van der Waals surface area contributed by atoms with Crippen LogP contribution in [0.15, 0.2) is 24.3 Å². The van der Waals surface area contributed by atoms with Crippen LogP contribution < -0.4 is 9.44 Å². The molecule has 0 amide bonds. The van der Waals surface area contributed by atoms with Crippen LogP contribution in [0.2, 0.25) is 0 Å². The molecule has 0 aromatic heterocycles. The highest BCUT2D eigenvalue weighted by Gasteiger charge is 2.40. The minimum Gasteiger partial charge on any atom is -0.200 e. The summed E-state index contributed by atoms with van der Waals surface area (Å²) in [5.74, 6) is 0.837. The molecule has 3 atom stereocenters. The molecule has 1 saturated carbocycles. The SMILES string of the molecule is CCC(C)NS(=O)(=O)NC1C2CCC1Cc1ccccc1C2. The van der Waals surface area contributed by atoms with Gasteiger partial charge in [0.1, 0.15) is 0 Å². The van der Waals surface area contributed by atoms with Gasteiger partial charge < -0.3 is 0 Å². The highest BCUT2D eigenvalue weighted by Crippen LogP contribution is 2.40. The summed E-state index contributed by atoms with van der Waals surface area (Å²) in [6.07, 6.45) is 5.02. The van der Waals surface area contributed by atoms with Crippen molar-refractivity contribution in [1.29, 1.82) is 0 Å². The van der Waals surface area contributed by atoms with Crippen LogP contribution in [-0.2, 0) is 23.1 Å². The summed E-state index contributed by atoms with van der Waals surface area (Å²) in [5, 5.41) is 0. The van der Waals surface area contributed by atoms with Crippen LogP contribution in [-0.4, -0.2) is 20.5 Å². The lowest BCUT2D eigenvalue weighted by Crippen LogP contribution is -2.49. The molecule has 4 nitrogen and oxygen atoms in total. The van der Waals surface area contributed by atoms with Crippen molar-refractivity contribution in [2.75, 3.05) is 0 Å². The summed E-state index contributed by atoms with van der Waals surface area (Å²) < 4.78 is 30.4. The Balaban J connectivity index is 1.76. The monoisotopic (exact) mass is 322 g/mol. The van der Waals surface area contributed by atoms with E-state index in [-0.39, 0.29) is 12.1 Å². The molecule has 22 heavy (non-hydrogen) atoms. The molecule has 1 fully saturated rings. The van der Waals surface area contributed by atoms with E-state index in [4.69, 9.17) is 0 Å². The zero-order valence-corrected chi connectivity index (χ0v) is 14.2. The van der Waals surface area contributed by atoms with Crippen molar-refractivity contribution in [3.05, 3.63) is 35.4 Å². The Morgan fingerprint density at radius 3 is 2.18 bits per heavy atom. The second-order valence-electron chi connectivity index (χ2n) is 6.85. The van der Waals surface area contributed by atoms with E-state index in [0.717, 1.165) is 32.1 Å². The third-order valence-corrected chi connectivity index (χ3v) is 6.56. The molecule has 2 N–H and O–H groups in total. The third kappa shape index (κ3) is 3.36. The zero-order chi connectivity index (χ0) is 15.7. The molecule has 0 heterocycles. The number of nitrogens with one attached hydrogen (secondary N) is 2. The lowest BCUT2D eigenvalue weighted by Gasteiger charge is -2.24. The van der Waals surface area contributed by atoms with E-state index < -0.39 is 10.2 Å². The predicted octanol–water partition coefficient (Wildman–Crippen LogP) is 2.40. The van der Waals surface area contributed by atoms with E-state index in [0.29, 0.717) is 11.8 Å².